The highest BCUT2D eigenvalue weighted by Gasteiger charge is 2.55. The minimum atomic E-state index is -2.45. The van der Waals surface area contributed by atoms with Gasteiger partial charge in [0, 0.05) is 61.6 Å². The highest BCUT2D eigenvalue weighted by molar-refractivity contribution is 6.31. The number of amides is 3. The van der Waals surface area contributed by atoms with E-state index >= 15 is 0 Å². The first-order chi connectivity index (χ1) is 34.1. The Hall–Kier alpha value is -5.38. The fourth-order valence-electron chi connectivity index (χ4n) is 10.1. The van der Waals surface area contributed by atoms with Crippen LogP contribution in [0.5, 0.6) is 17.2 Å². The smallest absolute Gasteiger partial charge is 0.308 e. The zero-order chi connectivity index (χ0) is 50.6. The van der Waals surface area contributed by atoms with Crippen molar-refractivity contribution in [3.05, 3.63) is 51.6 Å². The van der Waals surface area contributed by atoms with Crippen molar-refractivity contribution in [2.24, 2.45) is 5.92 Å². The number of fused-ring (bicyclic) bond motifs is 6. The maximum absolute atomic E-state index is 14.2. The van der Waals surface area contributed by atoms with Gasteiger partial charge in [-0.3, -0.25) is 44.5 Å². The first-order valence-corrected chi connectivity index (χ1v) is 23.6. The molecule has 6 aliphatic rings. The number of morpholine rings is 1. The van der Waals surface area contributed by atoms with Gasteiger partial charge < -0.3 is 73.1 Å². The molecule has 0 bridgehead atoms. The predicted molar refractivity (Wildman–Crippen MR) is 238 cm³/mol. The van der Waals surface area contributed by atoms with Gasteiger partial charge in [-0.05, 0) is 19.4 Å². The van der Waals surface area contributed by atoms with Crippen molar-refractivity contribution in [1.82, 2.24) is 20.7 Å². The van der Waals surface area contributed by atoms with Crippen LogP contribution < -0.4 is 15.6 Å². The minimum Gasteiger partial charge on any atom is -0.507 e. The van der Waals surface area contributed by atoms with E-state index in [0.29, 0.717) is 19.5 Å². The van der Waals surface area contributed by atoms with Gasteiger partial charge in [-0.25, -0.2) is 0 Å². The third-order valence-electron chi connectivity index (χ3n) is 13.6. The monoisotopic (exact) mass is 1000 g/mol. The zero-order valence-electron chi connectivity index (χ0n) is 39.3. The van der Waals surface area contributed by atoms with E-state index in [1.54, 1.807) is 6.92 Å². The summed E-state index contributed by atoms with van der Waals surface area (Å²) in [7, 11) is 1.32. The van der Waals surface area contributed by atoms with E-state index in [4.69, 9.17) is 47.7 Å². The number of benzene rings is 2. The number of carboxylic acid groups (broad SMARTS) is 1. The second-order valence-electron chi connectivity index (χ2n) is 18.1. The van der Waals surface area contributed by atoms with E-state index in [0.717, 1.165) is 0 Å². The lowest BCUT2D eigenvalue weighted by Gasteiger charge is -2.43. The summed E-state index contributed by atoms with van der Waals surface area (Å²) in [4.78, 5) is 81.6. The van der Waals surface area contributed by atoms with Gasteiger partial charge in [-0.2, -0.15) is 0 Å². The zero-order valence-corrected chi connectivity index (χ0v) is 39.3. The SMILES string of the molecule is COc1cccc2c1C(=O)c1c(O)c3c(c(O)c1C2=O)C[C@@](O)(C(=O)NNC(=O)CCOCCOCCOCCOCCC(=O)N1CCC(C(=O)O)C1)C[C@@H]3O[C@H]1C[C@H]2[C@H](O[C@@H]3[C@@H](O)OCCN32)[C@H](C)O1. The van der Waals surface area contributed by atoms with Crippen LogP contribution in [0, 0.1) is 5.92 Å². The summed E-state index contributed by atoms with van der Waals surface area (Å²) in [6.07, 6.45) is -6.25. The van der Waals surface area contributed by atoms with E-state index in [-0.39, 0.29) is 125 Å². The first-order valence-electron chi connectivity index (χ1n) is 23.6. The van der Waals surface area contributed by atoms with Crippen LogP contribution in [0.15, 0.2) is 18.2 Å². The van der Waals surface area contributed by atoms with Crippen molar-refractivity contribution in [3.8, 4) is 17.2 Å². The van der Waals surface area contributed by atoms with Crippen LogP contribution in [0.3, 0.4) is 0 Å². The van der Waals surface area contributed by atoms with Crippen LogP contribution in [-0.4, -0.2) is 199 Å². The number of hydrogen-bond acceptors (Lipinski definition) is 20. The summed E-state index contributed by atoms with van der Waals surface area (Å²) in [5, 5.41) is 55.6. The molecule has 4 heterocycles. The summed E-state index contributed by atoms with van der Waals surface area (Å²) >= 11 is 0. The molecule has 4 fully saturated rings. The predicted octanol–water partition coefficient (Wildman–Crippen LogP) is -0.577. The van der Waals surface area contributed by atoms with Gasteiger partial charge in [-0.15, -0.1) is 0 Å². The molecule has 9 atom stereocenters. The summed E-state index contributed by atoms with van der Waals surface area (Å²) in [5.74, 6) is -6.36. The normalized spacial score (nSPS) is 27.8. The lowest BCUT2D eigenvalue weighted by molar-refractivity contribution is -0.252. The number of carbonyl (C=O) groups excluding carboxylic acids is 5. The number of hydrogen-bond donors (Lipinski definition) is 7. The molecule has 1 unspecified atom stereocenters. The van der Waals surface area contributed by atoms with Gasteiger partial charge in [0.2, 0.25) is 17.6 Å². The number of aliphatic carboxylic acids is 1. The Morgan fingerprint density at radius 3 is 2.21 bits per heavy atom. The number of rotatable bonds is 20. The quantitative estimate of drug-likeness (QED) is 0.0423. The van der Waals surface area contributed by atoms with Gasteiger partial charge in [0.15, 0.2) is 30.2 Å². The number of hydrazine groups is 1. The topological polar surface area (TPSA) is 317 Å². The summed E-state index contributed by atoms with van der Waals surface area (Å²) < 4.78 is 51.4. The number of ether oxygens (including phenoxy) is 9. The van der Waals surface area contributed by atoms with Crippen molar-refractivity contribution in [1.29, 1.82) is 0 Å². The Bertz CT molecular complexity index is 2350. The molecule has 2 aromatic carbocycles. The van der Waals surface area contributed by atoms with E-state index in [2.05, 4.69) is 10.9 Å². The highest BCUT2D eigenvalue weighted by atomic mass is 16.7. The Morgan fingerprint density at radius 1 is 0.859 bits per heavy atom. The maximum atomic E-state index is 14.2. The van der Waals surface area contributed by atoms with Crippen LogP contribution in [0.1, 0.15) is 88.1 Å². The number of carboxylic acids is 1. The lowest BCUT2D eigenvalue weighted by Crippen LogP contribution is -2.57. The molecule has 0 aromatic heterocycles. The molecule has 0 saturated carbocycles. The highest BCUT2D eigenvalue weighted by Crippen LogP contribution is 2.53. The third kappa shape index (κ3) is 11.0. The number of aliphatic hydroxyl groups is 2. The van der Waals surface area contributed by atoms with Crippen molar-refractivity contribution in [3.63, 3.8) is 0 Å². The van der Waals surface area contributed by atoms with Crippen molar-refractivity contribution < 1.29 is 96.9 Å². The van der Waals surface area contributed by atoms with Crippen LogP contribution in [0.2, 0.25) is 0 Å². The summed E-state index contributed by atoms with van der Waals surface area (Å²) in [6.45, 7) is 4.63. The summed E-state index contributed by atoms with van der Waals surface area (Å²) in [5.41, 5.74) is 0.381. The van der Waals surface area contributed by atoms with Gasteiger partial charge in [0.1, 0.15) is 23.4 Å². The average molecular weight is 1000 g/mol. The summed E-state index contributed by atoms with van der Waals surface area (Å²) in [6, 6.07) is 4.02. The van der Waals surface area contributed by atoms with Crippen molar-refractivity contribution >= 4 is 35.3 Å². The Labute approximate surface area is 407 Å². The number of nitrogens with one attached hydrogen (secondary N) is 2. The number of aliphatic hydroxyl groups excluding tert-OH is 1. The van der Waals surface area contributed by atoms with Crippen LogP contribution in [-0.2, 0) is 63.5 Å². The number of carbonyl (C=O) groups is 6. The Balaban J connectivity index is 0.828. The van der Waals surface area contributed by atoms with E-state index in [9.17, 15) is 49.2 Å². The minimum absolute atomic E-state index is 0.0518. The molecular formula is C47H60N4O20. The second kappa shape index (κ2) is 22.6. The second-order valence-corrected chi connectivity index (χ2v) is 18.1. The first kappa shape index (κ1) is 52.0. The number of methoxy groups -OCH3 is 1. The molecular weight excluding hydrogens is 941 g/mol. The Morgan fingerprint density at radius 2 is 1.54 bits per heavy atom. The molecule has 24 nitrogen and oxygen atoms in total. The number of aromatic hydroxyl groups is 2. The van der Waals surface area contributed by atoms with E-state index in [1.165, 1.54) is 30.2 Å². The van der Waals surface area contributed by atoms with Gasteiger partial charge in [-0.1, -0.05) is 12.1 Å². The number of likely N-dealkylation sites (tertiary alicyclic amines) is 1. The van der Waals surface area contributed by atoms with Gasteiger partial charge >= 0.3 is 5.97 Å². The Kier molecular flexibility index (Phi) is 16.5. The molecule has 2 aromatic rings. The molecule has 24 heteroatoms. The van der Waals surface area contributed by atoms with Gasteiger partial charge in [0.05, 0.1) is 114 Å². The molecule has 7 N–H and O–H groups in total. The lowest BCUT2D eigenvalue weighted by atomic mass is 9.72. The van der Waals surface area contributed by atoms with Crippen LogP contribution >= 0.6 is 0 Å². The molecule has 0 radical (unpaired) electrons. The number of ketones is 2. The third-order valence-corrected chi connectivity index (χ3v) is 13.6. The molecule has 4 saturated heterocycles. The maximum Gasteiger partial charge on any atom is 0.308 e. The fourth-order valence-corrected chi connectivity index (χ4v) is 10.1. The molecule has 4 aliphatic heterocycles. The number of nitrogens with zero attached hydrogens (tertiary/aromatic N) is 2. The molecule has 8 rings (SSSR count). The molecule has 71 heavy (non-hydrogen) atoms. The standard InChI is InChI=1S/C47H60N4O20/c1-24-42-28(51-10-13-68-45(60)43(51)71-42)20-33(69-24)70-30-22-47(62,21-27-35(30)41(57)37-36(39(27)55)38(54)26-4-3-5-29(63-2)34(26)40(37)56)46(61)49-48-31(52)7-11-64-14-16-66-18-19-67-17-15-65-12-8-32(53)50-9-6-25(23-50)44(58)59/h3-5,24-25,28,30,33,42-43,45,55,57,60,62H,6-23H2,1-2H3,(H,48,52)(H,49,61)(H,58,59)/t24-,25?,28-,30-,33-,42+,43+,45-,47-/m0/s1. The van der Waals surface area contributed by atoms with Crippen LogP contribution in [0.25, 0.3) is 0 Å². The van der Waals surface area contributed by atoms with Crippen molar-refractivity contribution in [2.45, 2.75) is 94.2 Å². The van der Waals surface area contributed by atoms with E-state index in [1.807, 2.05) is 4.90 Å². The van der Waals surface area contributed by atoms with Crippen LogP contribution in [0.4, 0.5) is 0 Å². The van der Waals surface area contributed by atoms with Crippen molar-refractivity contribution in [2.75, 3.05) is 86.2 Å². The number of phenolic OH excluding ortho intramolecular Hbond substituents is 2. The average Bonchev–Trinajstić information content (AvgIpc) is 4.01. The van der Waals surface area contributed by atoms with Gasteiger partial charge in [0.25, 0.3) is 5.91 Å². The van der Waals surface area contributed by atoms with E-state index < -0.39 is 113 Å². The number of phenols is 2. The largest absolute Gasteiger partial charge is 0.507 e. The molecule has 3 amide bonds. The fraction of sp³-hybridized carbons (Fsp3) is 0.617. The molecule has 0 spiro atoms. The molecule has 388 valence electrons. The molecule has 2 aliphatic carbocycles.